The van der Waals surface area contributed by atoms with Gasteiger partial charge in [-0.15, -0.1) is 0 Å². The van der Waals surface area contributed by atoms with Gasteiger partial charge in [0.1, 0.15) is 5.41 Å². The summed E-state index contributed by atoms with van der Waals surface area (Å²) in [6.45, 7) is 8.17. The molecule has 2 amide bonds. The lowest BCUT2D eigenvalue weighted by Crippen LogP contribution is -2.44. The topological polar surface area (TPSA) is 70.1 Å². The summed E-state index contributed by atoms with van der Waals surface area (Å²) in [5.74, 6) is -1.57. The molecule has 2 heterocycles. The van der Waals surface area contributed by atoms with Crippen molar-refractivity contribution in [1.29, 1.82) is 0 Å². The van der Waals surface area contributed by atoms with Crippen molar-refractivity contribution in [2.45, 2.75) is 45.7 Å². The fourth-order valence-electron chi connectivity index (χ4n) is 5.85. The Bertz CT molecular complexity index is 1150. The molecular formula is C26H27N3O3. The first-order valence-electron chi connectivity index (χ1n) is 11.0. The Morgan fingerprint density at radius 2 is 1.56 bits per heavy atom. The lowest BCUT2D eigenvalue weighted by molar-refractivity contribution is -0.143. The van der Waals surface area contributed by atoms with E-state index in [0.717, 1.165) is 11.1 Å². The highest BCUT2D eigenvalue weighted by Gasteiger charge is 2.90. The van der Waals surface area contributed by atoms with Crippen molar-refractivity contribution in [1.82, 2.24) is 9.91 Å². The molecule has 164 valence electrons. The standard InChI is InChI=1S/C26H27N3O3/c1-17-26(23(32)29(27-17)24(2,3)4)20(19-13-9-6-10-14-19)25(26)16-28(22(31)21(25)30)15-18-11-7-5-8-12-18/h5-14,20H,15-16H2,1-4H3/t20-,25?,26?/m0/s1. The van der Waals surface area contributed by atoms with E-state index in [4.69, 9.17) is 0 Å². The highest BCUT2D eigenvalue weighted by atomic mass is 16.2. The van der Waals surface area contributed by atoms with E-state index in [9.17, 15) is 14.4 Å². The molecule has 2 aromatic carbocycles. The van der Waals surface area contributed by atoms with E-state index < -0.39 is 34.0 Å². The first-order valence-corrected chi connectivity index (χ1v) is 11.0. The van der Waals surface area contributed by atoms with Gasteiger partial charge >= 0.3 is 0 Å². The van der Waals surface area contributed by atoms with E-state index in [2.05, 4.69) is 5.10 Å². The van der Waals surface area contributed by atoms with E-state index in [0.29, 0.717) is 12.3 Å². The molecule has 0 N–H and O–H groups in total. The summed E-state index contributed by atoms with van der Waals surface area (Å²) < 4.78 is 0. The molecule has 0 radical (unpaired) electrons. The molecule has 3 aliphatic rings. The van der Waals surface area contributed by atoms with Gasteiger partial charge in [0.05, 0.1) is 16.7 Å². The van der Waals surface area contributed by atoms with Gasteiger partial charge in [0, 0.05) is 19.0 Å². The molecule has 2 spiro atoms. The van der Waals surface area contributed by atoms with Crippen molar-refractivity contribution in [3.05, 3.63) is 71.8 Å². The van der Waals surface area contributed by atoms with Gasteiger partial charge in [0.2, 0.25) is 5.78 Å². The Balaban J connectivity index is 1.62. The lowest BCUT2D eigenvalue weighted by atomic mass is 9.86. The van der Waals surface area contributed by atoms with Gasteiger partial charge < -0.3 is 4.90 Å². The Labute approximate surface area is 187 Å². The summed E-state index contributed by atoms with van der Waals surface area (Å²) in [4.78, 5) is 42.4. The number of Topliss-reactive ketones (excluding diaryl/α,β-unsaturated/α-hetero) is 1. The molecular weight excluding hydrogens is 402 g/mol. The Kier molecular flexibility index (Phi) is 4.26. The van der Waals surface area contributed by atoms with Crippen molar-refractivity contribution < 1.29 is 14.4 Å². The van der Waals surface area contributed by atoms with Crippen LogP contribution in [0.1, 0.15) is 44.7 Å². The molecule has 6 nitrogen and oxygen atoms in total. The number of nitrogens with zero attached hydrogens (tertiary/aromatic N) is 3. The summed E-state index contributed by atoms with van der Waals surface area (Å²) in [5.41, 5.74) is -0.286. The van der Waals surface area contributed by atoms with Gasteiger partial charge in [-0.3, -0.25) is 14.4 Å². The van der Waals surface area contributed by atoms with Crippen LogP contribution in [0.2, 0.25) is 0 Å². The molecule has 3 atom stereocenters. The van der Waals surface area contributed by atoms with Crippen LogP contribution in [0.4, 0.5) is 0 Å². The van der Waals surface area contributed by atoms with Crippen molar-refractivity contribution in [2.75, 3.05) is 6.54 Å². The minimum Gasteiger partial charge on any atom is -0.331 e. The number of ketones is 1. The van der Waals surface area contributed by atoms with E-state index in [1.807, 2.05) is 88.4 Å². The Morgan fingerprint density at radius 1 is 0.969 bits per heavy atom. The summed E-state index contributed by atoms with van der Waals surface area (Å²) in [6.07, 6.45) is 0. The molecule has 1 saturated heterocycles. The fourth-order valence-corrected chi connectivity index (χ4v) is 5.85. The number of fused-ring (bicyclic) bond motifs is 1. The maximum atomic E-state index is 13.9. The van der Waals surface area contributed by atoms with E-state index in [-0.39, 0.29) is 12.5 Å². The summed E-state index contributed by atoms with van der Waals surface area (Å²) >= 11 is 0. The molecule has 2 fully saturated rings. The number of carbonyl (C=O) groups is 3. The summed E-state index contributed by atoms with van der Waals surface area (Å²) in [7, 11) is 0. The smallest absolute Gasteiger partial charge is 0.291 e. The summed E-state index contributed by atoms with van der Waals surface area (Å²) in [6, 6.07) is 19.2. The Hall–Kier alpha value is -3.28. The van der Waals surface area contributed by atoms with Crippen LogP contribution in [0.15, 0.2) is 65.8 Å². The van der Waals surface area contributed by atoms with Crippen LogP contribution >= 0.6 is 0 Å². The predicted octanol–water partition coefficient (Wildman–Crippen LogP) is 3.38. The second kappa shape index (κ2) is 6.61. The minimum absolute atomic E-state index is 0.181. The molecule has 1 saturated carbocycles. The van der Waals surface area contributed by atoms with Crippen LogP contribution in [-0.4, -0.2) is 45.3 Å². The number of likely N-dealkylation sites (tertiary alicyclic amines) is 1. The van der Waals surface area contributed by atoms with Crippen LogP contribution < -0.4 is 0 Å². The number of rotatable bonds is 3. The van der Waals surface area contributed by atoms with Gasteiger partial charge in [-0.1, -0.05) is 60.7 Å². The van der Waals surface area contributed by atoms with Crippen LogP contribution in [0.5, 0.6) is 0 Å². The number of benzene rings is 2. The number of carbonyl (C=O) groups excluding carboxylic acids is 3. The largest absolute Gasteiger partial charge is 0.331 e. The maximum Gasteiger partial charge on any atom is 0.291 e. The monoisotopic (exact) mass is 429 g/mol. The molecule has 0 bridgehead atoms. The Morgan fingerprint density at radius 3 is 2.12 bits per heavy atom. The van der Waals surface area contributed by atoms with Crippen molar-refractivity contribution in [2.24, 2.45) is 15.9 Å². The fraction of sp³-hybridized carbons (Fsp3) is 0.385. The molecule has 5 rings (SSSR count). The van der Waals surface area contributed by atoms with Gasteiger partial charge in [-0.05, 0) is 38.8 Å². The van der Waals surface area contributed by atoms with Crippen LogP contribution in [0, 0.1) is 10.8 Å². The molecule has 2 unspecified atom stereocenters. The third-order valence-corrected chi connectivity index (χ3v) is 7.21. The molecule has 32 heavy (non-hydrogen) atoms. The van der Waals surface area contributed by atoms with Crippen molar-refractivity contribution >= 4 is 23.3 Å². The van der Waals surface area contributed by atoms with Crippen LogP contribution in [-0.2, 0) is 20.9 Å². The van der Waals surface area contributed by atoms with E-state index >= 15 is 0 Å². The van der Waals surface area contributed by atoms with Crippen LogP contribution in [0.25, 0.3) is 0 Å². The highest BCUT2D eigenvalue weighted by Crippen LogP contribution is 2.79. The highest BCUT2D eigenvalue weighted by molar-refractivity contribution is 6.45. The molecule has 6 heteroatoms. The second-order valence-corrected chi connectivity index (χ2v) is 10.1. The normalized spacial score (nSPS) is 29.4. The second-order valence-electron chi connectivity index (χ2n) is 10.1. The number of hydrogen-bond acceptors (Lipinski definition) is 4. The molecule has 1 aliphatic carbocycles. The molecule has 2 aromatic rings. The number of amides is 2. The average Bonchev–Trinajstić information content (AvgIpc) is 3.20. The van der Waals surface area contributed by atoms with Gasteiger partial charge in [-0.2, -0.15) is 5.10 Å². The molecule has 0 aromatic heterocycles. The van der Waals surface area contributed by atoms with Crippen molar-refractivity contribution in [3.63, 3.8) is 0 Å². The van der Waals surface area contributed by atoms with Gasteiger partial charge in [0.15, 0.2) is 0 Å². The predicted molar refractivity (Wildman–Crippen MR) is 121 cm³/mol. The average molecular weight is 430 g/mol. The minimum atomic E-state index is -1.12. The van der Waals surface area contributed by atoms with E-state index in [1.54, 1.807) is 4.90 Å². The van der Waals surface area contributed by atoms with Gasteiger partial charge in [-0.25, -0.2) is 5.01 Å². The maximum absolute atomic E-state index is 13.9. The zero-order chi connectivity index (χ0) is 22.9. The van der Waals surface area contributed by atoms with Crippen LogP contribution in [0.3, 0.4) is 0 Å². The first kappa shape index (κ1) is 20.6. The van der Waals surface area contributed by atoms with Gasteiger partial charge in [0.25, 0.3) is 11.8 Å². The SMILES string of the molecule is CC1=NN(C(C)(C)C)C(=O)C12[C@@H](c1ccccc1)C21CN(Cc2ccccc2)C(=O)C1=O. The van der Waals surface area contributed by atoms with Crippen molar-refractivity contribution in [3.8, 4) is 0 Å². The third-order valence-electron chi connectivity index (χ3n) is 7.21. The zero-order valence-corrected chi connectivity index (χ0v) is 18.8. The quantitative estimate of drug-likeness (QED) is 0.703. The first-order chi connectivity index (χ1) is 15.2. The number of hydrogen-bond donors (Lipinski definition) is 0. The summed E-state index contributed by atoms with van der Waals surface area (Å²) in [5, 5.41) is 6.14. The third kappa shape index (κ3) is 2.46. The molecule has 2 aliphatic heterocycles. The zero-order valence-electron chi connectivity index (χ0n) is 18.8. The lowest BCUT2D eigenvalue weighted by Gasteiger charge is -2.29. The number of hydrazone groups is 1. The van der Waals surface area contributed by atoms with E-state index in [1.165, 1.54) is 5.01 Å².